The summed E-state index contributed by atoms with van der Waals surface area (Å²) < 4.78 is 10.0. The Morgan fingerprint density at radius 2 is 1.86 bits per heavy atom. The Bertz CT molecular complexity index is 1610. The second-order valence-electron chi connectivity index (χ2n) is 8.81. The Kier molecular flexibility index (Phi) is 6.28. The van der Waals surface area contributed by atoms with Crippen LogP contribution in [0.4, 0.5) is 5.69 Å². The number of aromatic nitrogens is 5. The Morgan fingerprint density at radius 1 is 1.06 bits per heavy atom. The maximum absolute atomic E-state index is 12.9. The molecule has 0 aliphatic carbocycles. The van der Waals surface area contributed by atoms with Crippen LogP contribution in [0, 0.1) is 13.8 Å². The van der Waals surface area contributed by atoms with E-state index in [1.165, 1.54) is 9.08 Å². The van der Waals surface area contributed by atoms with E-state index >= 15 is 0 Å². The molecular weight excluding hydrogens is 456 g/mol. The van der Waals surface area contributed by atoms with Gasteiger partial charge in [0.2, 0.25) is 5.91 Å². The van der Waals surface area contributed by atoms with E-state index in [2.05, 4.69) is 22.4 Å². The Hall–Kier alpha value is -4.40. The molecule has 0 unspecified atom stereocenters. The molecule has 1 amide bonds. The number of nitrogens with zero attached hydrogens (tertiary/aromatic N) is 5. The van der Waals surface area contributed by atoms with Gasteiger partial charge in [0.25, 0.3) is 0 Å². The third kappa shape index (κ3) is 4.47. The summed E-state index contributed by atoms with van der Waals surface area (Å²) in [6.07, 6.45) is 5.42. The lowest BCUT2D eigenvalue weighted by molar-refractivity contribution is -0.117. The van der Waals surface area contributed by atoms with E-state index in [9.17, 15) is 9.59 Å². The number of carbonyl (C=O) groups excluding carboxylic acids is 1. The normalized spacial score (nSPS) is 11.3. The second-order valence-corrected chi connectivity index (χ2v) is 8.81. The van der Waals surface area contributed by atoms with Crippen molar-refractivity contribution in [1.29, 1.82) is 0 Å². The van der Waals surface area contributed by atoms with Gasteiger partial charge < -0.3 is 10.1 Å². The highest BCUT2D eigenvalue weighted by molar-refractivity contribution is 5.91. The van der Waals surface area contributed by atoms with Crippen molar-refractivity contribution in [1.82, 2.24) is 23.8 Å². The Balaban J connectivity index is 1.41. The van der Waals surface area contributed by atoms with Gasteiger partial charge in [-0.05, 0) is 67.8 Å². The quantitative estimate of drug-likeness (QED) is 0.332. The third-order valence-corrected chi connectivity index (χ3v) is 6.28. The van der Waals surface area contributed by atoms with Gasteiger partial charge in [-0.15, -0.1) is 5.10 Å². The molecule has 0 radical (unpaired) electrons. The van der Waals surface area contributed by atoms with Crippen molar-refractivity contribution in [3.8, 4) is 17.0 Å². The van der Waals surface area contributed by atoms with E-state index in [1.54, 1.807) is 16.9 Å². The summed E-state index contributed by atoms with van der Waals surface area (Å²) >= 11 is 0. The van der Waals surface area contributed by atoms with Crippen LogP contribution in [0.3, 0.4) is 0 Å². The molecule has 3 aromatic heterocycles. The lowest BCUT2D eigenvalue weighted by Crippen LogP contribution is -2.28. The number of nitrogens with one attached hydrogen (secondary N) is 1. The van der Waals surface area contributed by atoms with Crippen LogP contribution in [-0.4, -0.2) is 36.3 Å². The smallest absolute Gasteiger partial charge is 0.350 e. The van der Waals surface area contributed by atoms with Crippen LogP contribution < -0.4 is 15.7 Å². The van der Waals surface area contributed by atoms with Crippen molar-refractivity contribution in [3.05, 3.63) is 82.5 Å². The van der Waals surface area contributed by atoms with Gasteiger partial charge in [-0.3, -0.25) is 4.79 Å². The monoisotopic (exact) mass is 484 g/mol. The molecule has 2 aromatic carbocycles. The average Bonchev–Trinajstić information content (AvgIpc) is 3.44. The SMILES string of the molecule is CCCCOc1ccc(-c2cc3c4nn(CC(=O)Nc5cccc(C)c5C)c(=O)n4ccn3n2)cc1. The highest BCUT2D eigenvalue weighted by Crippen LogP contribution is 2.24. The first kappa shape index (κ1) is 23.3. The molecule has 0 saturated carbocycles. The number of anilines is 1. The number of carbonyl (C=O) groups is 1. The standard InChI is InChI=1S/C27H28N6O3/c1-4-5-15-36-21-11-9-20(10-12-21)23-16-24-26-30-33(27(35)31(26)13-14-32(24)29-23)17-25(34)28-22-8-6-7-18(2)19(22)3/h6-14,16H,4-5,15,17H2,1-3H3,(H,28,34). The number of hydrogen-bond donors (Lipinski definition) is 1. The zero-order chi connectivity index (χ0) is 25.2. The maximum atomic E-state index is 12.9. The van der Waals surface area contributed by atoms with Crippen LogP contribution in [0.2, 0.25) is 0 Å². The van der Waals surface area contributed by atoms with Crippen LogP contribution in [-0.2, 0) is 11.3 Å². The number of benzene rings is 2. The number of rotatable bonds is 8. The van der Waals surface area contributed by atoms with Gasteiger partial charge in [-0.1, -0.05) is 25.5 Å². The fraction of sp³-hybridized carbons (Fsp3) is 0.259. The molecule has 36 heavy (non-hydrogen) atoms. The number of fused-ring (bicyclic) bond motifs is 3. The van der Waals surface area contributed by atoms with Gasteiger partial charge in [0.05, 0.1) is 12.3 Å². The summed E-state index contributed by atoms with van der Waals surface area (Å²) in [6.45, 7) is 6.56. The summed E-state index contributed by atoms with van der Waals surface area (Å²) in [4.78, 5) is 25.6. The third-order valence-electron chi connectivity index (χ3n) is 6.28. The average molecular weight is 485 g/mol. The molecule has 0 saturated heterocycles. The fourth-order valence-corrected chi connectivity index (χ4v) is 4.05. The highest BCUT2D eigenvalue weighted by atomic mass is 16.5. The summed E-state index contributed by atoms with van der Waals surface area (Å²) in [7, 11) is 0. The molecule has 9 nitrogen and oxygen atoms in total. The van der Waals surface area contributed by atoms with Crippen molar-refractivity contribution in [2.24, 2.45) is 0 Å². The molecule has 1 N–H and O–H groups in total. The molecule has 0 aliphatic heterocycles. The molecule has 3 heterocycles. The lowest BCUT2D eigenvalue weighted by atomic mass is 10.1. The molecule has 0 fully saturated rings. The van der Waals surface area contributed by atoms with Gasteiger partial charge in [-0.2, -0.15) is 5.10 Å². The minimum atomic E-state index is -0.389. The number of aryl methyl sites for hydroxylation is 1. The lowest BCUT2D eigenvalue weighted by Gasteiger charge is -2.09. The minimum Gasteiger partial charge on any atom is -0.494 e. The van der Waals surface area contributed by atoms with E-state index in [4.69, 9.17) is 4.74 Å². The minimum absolute atomic E-state index is 0.194. The van der Waals surface area contributed by atoms with Crippen molar-refractivity contribution in [2.75, 3.05) is 11.9 Å². The molecule has 184 valence electrons. The van der Waals surface area contributed by atoms with Crippen molar-refractivity contribution in [3.63, 3.8) is 0 Å². The van der Waals surface area contributed by atoms with Gasteiger partial charge in [0, 0.05) is 23.6 Å². The first-order valence-electron chi connectivity index (χ1n) is 12.0. The Labute approximate surface area is 207 Å². The van der Waals surface area contributed by atoms with Gasteiger partial charge in [0.15, 0.2) is 5.65 Å². The molecule has 0 spiro atoms. The van der Waals surface area contributed by atoms with Crippen LogP contribution in [0.15, 0.2) is 65.7 Å². The van der Waals surface area contributed by atoms with E-state index in [0.717, 1.165) is 46.7 Å². The predicted octanol–water partition coefficient (Wildman–Crippen LogP) is 4.25. The number of amides is 1. The fourth-order valence-electron chi connectivity index (χ4n) is 4.05. The molecule has 0 aliphatic rings. The van der Waals surface area contributed by atoms with Crippen LogP contribution in [0.25, 0.3) is 22.4 Å². The van der Waals surface area contributed by atoms with E-state index in [0.29, 0.717) is 17.8 Å². The zero-order valence-corrected chi connectivity index (χ0v) is 20.6. The molecule has 5 rings (SSSR count). The number of hydrogen-bond acceptors (Lipinski definition) is 5. The second kappa shape index (κ2) is 9.69. The van der Waals surface area contributed by atoms with Crippen molar-refractivity contribution in [2.45, 2.75) is 40.2 Å². The summed E-state index contributed by atoms with van der Waals surface area (Å²) in [5.74, 6) is 0.503. The number of unbranched alkanes of at least 4 members (excludes halogenated alkanes) is 1. The first-order valence-corrected chi connectivity index (χ1v) is 12.0. The van der Waals surface area contributed by atoms with Crippen LogP contribution >= 0.6 is 0 Å². The number of ether oxygens (including phenoxy) is 1. The summed E-state index contributed by atoms with van der Waals surface area (Å²) in [6, 6.07) is 15.4. The molecule has 9 heteroatoms. The van der Waals surface area contributed by atoms with Crippen molar-refractivity contribution < 1.29 is 9.53 Å². The van der Waals surface area contributed by atoms with Crippen LogP contribution in [0.1, 0.15) is 30.9 Å². The van der Waals surface area contributed by atoms with Gasteiger partial charge >= 0.3 is 5.69 Å². The van der Waals surface area contributed by atoms with Gasteiger partial charge in [-0.25, -0.2) is 18.4 Å². The first-order chi connectivity index (χ1) is 17.4. The van der Waals surface area contributed by atoms with E-state index < -0.39 is 0 Å². The van der Waals surface area contributed by atoms with Crippen molar-refractivity contribution >= 4 is 22.8 Å². The molecule has 0 atom stereocenters. The predicted molar refractivity (Wildman–Crippen MR) is 139 cm³/mol. The topological polar surface area (TPSA) is 94.9 Å². The highest BCUT2D eigenvalue weighted by Gasteiger charge is 2.16. The molecule has 5 aromatic rings. The summed E-state index contributed by atoms with van der Waals surface area (Å²) in [5, 5.41) is 12.0. The van der Waals surface area contributed by atoms with Crippen LogP contribution in [0.5, 0.6) is 5.75 Å². The Morgan fingerprint density at radius 3 is 2.64 bits per heavy atom. The largest absolute Gasteiger partial charge is 0.494 e. The van der Waals surface area contributed by atoms with E-state index in [1.807, 2.05) is 62.4 Å². The molecule has 0 bridgehead atoms. The summed E-state index contributed by atoms with van der Waals surface area (Å²) in [5.41, 5.74) is 5.17. The van der Waals surface area contributed by atoms with E-state index in [-0.39, 0.29) is 18.1 Å². The maximum Gasteiger partial charge on any atom is 0.350 e. The van der Waals surface area contributed by atoms with Gasteiger partial charge in [0.1, 0.15) is 17.8 Å². The zero-order valence-electron chi connectivity index (χ0n) is 20.6. The molecular formula is C27H28N6O3.